The van der Waals surface area contributed by atoms with E-state index in [1.807, 2.05) is 6.92 Å². The maximum absolute atomic E-state index is 12.4. The van der Waals surface area contributed by atoms with Crippen molar-refractivity contribution in [1.29, 1.82) is 0 Å². The number of sulfonamides is 1. The van der Waals surface area contributed by atoms with E-state index in [4.69, 9.17) is 23.2 Å². The van der Waals surface area contributed by atoms with Gasteiger partial charge in [0, 0.05) is 27.8 Å². The number of carbonyl (C=O) groups excluding carboxylic acids is 1. The monoisotopic (exact) mass is 400 g/mol. The Morgan fingerprint density at radius 3 is 2.40 bits per heavy atom. The average molecular weight is 401 g/mol. The van der Waals surface area contributed by atoms with Gasteiger partial charge in [-0.1, -0.05) is 42.6 Å². The summed E-state index contributed by atoms with van der Waals surface area (Å²) in [6.45, 7) is 2.33. The molecule has 8 heteroatoms. The smallest absolute Gasteiger partial charge is 0.255 e. The number of hydrogen-bond acceptors (Lipinski definition) is 3. The van der Waals surface area contributed by atoms with Crippen LogP contribution in [-0.4, -0.2) is 20.9 Å². The highest BCUT2D eigenvalue weighted by atomic mass is 35.5. The Bertz CT molecular complexity index is 850. The molecular weight excluding hydrogens is 383 g/mol. The van der Waals surface area contributed by atoms with Crippen LogP contribution >= 0.6 is 23.2 Å². The van der Waals surface area contributed by atoms with E-state index in [2.05, 4.69) is 10.0 Å². The Morgan fingerprint density at radius 2 is 1.76 bits per heavy atom. The predicted octanol–water partition coefficient (Wildman–Crippen LogP) is 4.32. The lowest BCUT2D eigenvalue weighted by atomic mass is 10.2. The fourth-order valence-electron chi connectivity index (χ4n) is 2.10. The lowest BCUT2D eigenvalue weighted by Gasteiger charge is -2.09. The van der Waals surface area contributed by atoms with Gasteiger partial charge in [-0.05, 0) is 42.8 Å². The molecule has 1 amide bonds. The largest absolute Gasteiger partial charge is 0.322 e. The molecule has 134 valence electrons. The molecule has 0 spiro atoms. The SMILES string of the molecule is CCCCNS(=O)(=O)c1cccc(C(=O)Nc2cc(Cl)cc(Cl)c2)c1. The van der Waals surface area contributed by atoms with Crippen LogP contribution in [0.3, 0.4) is 0 Å². The maximum atomic E-state index is 12.4. The number of carbonyl (C=O) groups is 1. The van der Waals surface area contributed by atoms with Crippen LogP contribution < -0.4 is 10.0 Å². The van der Waals surface area contributed by atoms with Crippen molar-refractivity contribution in [2.75, 3.05) is 11.9 Å². The van der Waals surface area contributed by atoms with E-state index in [0.29, 0.717) is 22.3 Å². The molecule has 0 saturated heterocycles. The second kappa shape index (κ2) is 8.67. The molecular formula is C17H18Cl2N2O3S. The van der Waals surface area contributed by atoms with E-state index in [1.54, 1.807) is 18.2 Å². The van der Waals surface area contributed by atoms with Crippen LogP contribution in [0.4, 0.5) is 5.69 Å². The minimum atomic E-state index is -3.65. The molecule has 2 aromatic rings. The maximum Gasteiger partial charge on any atom is 0.255 e. The molecule has 2 N–H and O–H groups in total. The Balaban J connectivity index is 2.18. The number of rotatable bonds is 7. The van der Waals surface area contributed by atoms with Crippen LogP contribution in [0.2, 0.25) is 10.0 Å². The molecule has 0 fully saturated rings. The van der Waals surface area contributed by atoms with Gasteiger partial charge in [0.1, 0.15) is 0 Å². The third-order valence-electron chi connectivity index (χ3n) is 3.35. The van der Waals surface area contributed by atoms with Crippen molar-refractivity contribution in [3.63, 3.8) is 0 Å². The van der Waals surface area contributed by atoms with Crippen molar-refractivity contribution in [2.24, 2.45) is 0 Å². The van der Waals surface area contributed by atoms with Crippen molar-refractivity contribution >= 4 is 44.8 Å². The Labute approximate surface area is 157 Å². The molecule has 0 aromatic heterocycles. The summed E-state index contributed by atoms with van der Waals surface area (Å²) in [6.07, 6.45) is 1.63. The Kier molecular flexibility index (Phi) is 6.84. The molecule has 0 aliphatic carbocycles. The van der Waals surface area contributed by atoms with Crippen LogP contribution in [0.15, 0.2) is 47.4 Å². The lowest BCUT2D eigenvalue weighted by molar-refractivity contribution is 0.102. The molecule has 0 radical (unpaired) electrons. The second-order valence-electron chi connectivity index (χ2n) is 5.39. The Morgan fingerprint density at radius 1 is 1.08 bits per heavy atom. The van der Waals surface area contributed by atoms with Gasteiger partial charge in [-0.25, -0.2) is 13.1 Å². The molecule has 2 rings (SSSR count). The number of halogens is 2. The summed E-state index contributed by atoms with van der Waals surface area (Å²) in [5, 5.41) is 3.42. The fraction of sp³-hybridized carbons (Fsp3) is 0.235. The van der Waals surface area contributed by atoms with E-state index in [1.165, 1.54) is 24.3 Å². The first-order valence-electron chi connectivity index (χ1n) is 7.69. The summed E-state index contributed by atoms with van der Waals surface area (Å²) in [6, 6.07) is 10.5. The van der Waals surface area contributed by atoms with E-state index in [-0.39, 0.29) is 10.5 Å². The van der Waals surface area contributed by atoms with Gasteiger partial charge in [-0.2, -0.15) is 0 Å². The van der Waals surface area contributed by atoms with Gasteiger partial charge in [-0.15, -0.1) is 0 Å². The zero-order valence-corrected chi connectivity index (χ0v) is 15.9. The van der Waals surface area contributed by atoms with Crippen LogP contribution in [0.5, 0.6) is 0 Å². The number of amides is 1. The van der Waals surface area contributed by atoms with Crippen molar-refractivity contribution in [2.45, 2.75) is 24.7 Å². The number of nitrogens with one attached hydrogen (secondary N) is 2. The predicted molar refractivity (Wildman–Crippen MR) is 101 cm³/mol. The van der Waals surface area contributed by atoms with Crippen LogP contribution in [0.25, 0.3) is 0 Å². The number of benzene rings is 2. The highest BCUT2D eigenvalue weighted by Gasteiger charge is 2.16. The summed E-state index contributed by atoms with van der Waals surface area (Å²) in [5.41, 5.74) is 0.645. The molecule has 25 heavy (non-hydrogen) atoms. The van der Waals surface area contributed by atoms with Gasteiger partial charge in [-0.3, -0.25) is 4.79 Å². The highest BCUT2D eigenvalue weighted by molar-refractivity contribution is 7.89. The quantitative estimate of drug-likeness (QED) is 0.679. The summed E-state index contributed by atoms with van der Waals surface area (Å²) < 4.78 is 27.0. The molecule has 0 aliphatic heterocycles. The standard InChI is InChI=1S/C17H18Cl2N2O3S/c1-2-3-7-20-25(23,24)16-6-4-5-12(8-16)17(22)21-15-10-13(18)9-14(19)11-15/h4-6,8-11,20H,2-3,7H2,1H3,(H,21,22). The van der Waals surface area contributed by atoms with Gasteiger partial charge in [0.2, 0.25) is 10.0 Å². The van der Waals surface area contributed by atoms with Gasteiger partial charge in [0.05, 0.1) is 4.90 Å². The average Bonchev–Trinajstić information content (AvgIpc) is 2.54. The zero-order chi connectivity index (χ0) is 18.4. The van der Waals surface area contributed by atoms with Crippen LogP contribution in [0, 0.1) is 0 Å². The minimum Gasteiger partial charge on any atom is -0.322 e. The number of hydrogen-bond donors (Lipinski definition) is 2. The molecule has 0 atom stereocenters. The lowest BCUT2D eigenvalue weighted by Crippen LogP contribution is -2.25. The molecule has 0 aliphatic rings. The van der Waals surface area contributed by atoms with Gasteiger partial charge in [0.15, 0.2) is 0 Å². The topological polar surface area (TPSA) is 75.3 Å². The van der Waals surface area contributed by atoms with Crippen molar-refractivity contribution in [3.05, 3.63) is 58.1 Å². The van der Waals surface area contributed by atoms with Crippen LogP contribution in [-0.2, 0) is 10.0 Å². The summed E-state index contributed by atoms with van der Waals surface area (Å²) in [4.78, 5) is 12.4. The van der Waals surface area contributed by atoms with E-state index in [0.717, 1.165) is 12.8 Å². The van der Waals surface area contributed by atoms with Gasteiger partial charge in [0.25, 0.3) is 5.91 Å². The van der Waals surface area contributed by atoms with Crippen molar-refractivity contribution in [3.8, 4) is 0 Å². The first-order valence-corrected chi connectivity index (χ1v) is 9.93. The zero-order valence-electron chi connectivity index (χ0n) is 13.6. The fourth-order valence-corrected chi connectivity index (χ4v) is 3.75. The van der Waals surface area contributed by atoms with E-state index >= 15 is 0 Å². The Hall–Kier alpha value is -1.60. The first kappa shape index (κ1) is 19.7. The first-order chi connectivity index (χ1) is 11.8. The number of unbranched alkanes of at least 4 members (excludes halogenated alkanes) is 1. The van der Waals surface area contributed by atoms with Gasteiger partial charge >= 0.3 is 0 Å². The van der Waals surface area contributed by atoms with E-state index < -0.39 is 15.9 Å². The summed E-state index contributed by atoms with van der Waals surface area (Å²) in [7, 11) is -3.65. The molecule has 0 saturated carbocycles. The molecule has 0 heterocycles. The highest BCUT2D eigenvalue weighted by Crippen LogP contribution is 2.23. The number of anilines is 1. The minimum absolute atomic E-state index is 0.0420. The van der Waals surface area contributed by atoms with E-state index in [9.17, 15) is 13.2 Å². The normalized spacial score (nSPS) is 11.3. The van der Waals surface area contributed by atoms with Crippen molar-refractivity contribution < 1.29 is 13.2 Å². The molecule has 2 aromatic carbocycles. The van der Waals surface area contributed by atoms with Crippen LogP contribution in [0.1, 0.15) is 30.1 Å². The second-order valence-corrected chi connectivity index (χ2v) is 8.03. The van der Waals surface area contributed by atoms with Crippen molar-refractivity contribution in [1.82, 2.24) is 4.72 Å². The molecule has 5 nitrogen and oxygen atoms in total. The third kappa shape index (κ3) is 5.71. The third-order valence-corrected chi connectivity index (χ3v) is 5.24. The van der Waals surface area contributed by atoms with Gasteiger partial charge < -0.3 is 5.32 Å². The molecule has 0 unspecified atom stereocenters. The summed E-state index contributed by atoms with van der Waals surface area (Å²) in [5.74, 6) is -0.455. The molecule has 0 bridgehead atoms. The summed E-state index contributed by atoms with van der Waals surface area (Å²) >= 11 is 11.8.